The molecule has 0 aromatic carbocycles. The van der Waals surface area contributed by atoms with Gasteiger partial charge in [0, 0.05) is 12.8 Å². The first-order valence-corrected chi connectivity index (χ1v) is 24.6. The van der Waals surface area contributed by atoms with E-state index in [-0.39, 0.29) is 25.6 Å². The third-order valence-electron chi connectivity index (χ3n) is 9.98. The molecule has 0 spiro atoms. The number of phosphoric acid groups is 1. The van der Waals surface area contributed by atoms with Gasteiger partial charge in [0.1, 0.15) is 19.8 Å². The van der Waals surface area contributed by atoms with Crippen molar-refractivity contribution in [2.45, 2.75) is 213 Å². The Morgan fingerprint density at radius 2 is 0.982 bits per heavy atom. The van der Waals surface area contributed by atoms with Crippen LogP contribution in [0.1, 0.15) is 206 Å². The van der Waals surface area contributed by atoms with Gasteiger partial charge in [-0.1, -0.05) is 179 Å². The Balaban J connectivity index is 4.30. The van der Waals surface area contributed by atoms with E-state index >= 15 is 0 Å². The molecule has 10 heteroatoms. The van der Waals surface area contributed by atoms with Crippen LogP contribution in [-0.4, -0.2) is 74.9 Å². The molecule has 0 aliphatic heterocycles. The number of unbranched alkanes of at least 4 members (excludes halogenated alkanes) is 24. The molecule has 0 rings (SSSR count). The summed E-state index contributed by atoms with van der Waals surface area (Å²) >= 11 is 0. The molecule has 0 amide bonds. The predicted molar refractivity (Wildman–Crippen MR) is 234 cm³/mol. The number of carbonyl (C=O) groups is 2. The highest BCUT2D eigenvalue weighted by atomic mass is 31.2. The average Bonchev–Trinajstić information content (AvgIpc) is 3.15. The molecular weight excluding hydrogens is 725 g/mol. The Labute approximate surface area is 345 Å². The summed E-state index contributed by atoms with van der Waals surface area (Å²) in [5.41, 5.74) is 0. The van der Waals surface area contributed by atoms with E-state index in [1.807, 2.05) is 21.1 Å². The minimum atomic E-state index is -4.37. The minimum Gasteiger partial charge on any atom is -0.462 e. The van der Waals surface area contributed by atoms with Gasteiger partial charge in [-0.05, 0) is 38.5 Å². The highest BCUT2D eigenvalue weighted by Gasteiger charge is 2.27. The maximum absolute atomic E-state index is 12.7. The summed E-state index contributed by atoms with van der Waals surface area (Å²) in [5, 5.41) is 0. The summed E-state index contributed by atoms with van der Waals surface area (Å²) in [6.45, 7) is 4.39. The van der Waals surface area contributed by atoms with Crippen LogP contribution in [-0.2, 0) is 32.7 Å². The van der Waals surface area contributed by atoms with Gasteiger partial charge in [-0.15, -0.1) is 0 Å². The van der Waals surface area contributed by atoms with E-state index in [9.17, 15) is 19.0 Å². The Bertz CT molecular complexity index is 1010. The first-order valence-electron chi connectivity index (χ1n) is 23.1. The molecule has 56 heavy (non-hydrogen) atoms. The second kappa shape index (κ2) is 39.0. The lowest BCUT2D eigenvalue weighted by Gasteiger charge is -2.24. The van der Waals surface area contributed by atoms with Crippen molar-refractivity contribution in [3.63, 3.8) is 0 Å². The molecular formula is C46H89NO8P+. The predicted octanol–water partition coefficient (Wildman–Crippen LogP) is 13.1. The largest absolute Gasteiger partial charge is 0.472 e. The molecule has 0 fully saturated rings. The summed E-state index contributed by atoms with van der Waals surface area (Å²) in [7, 11) is 1.47. The zero-order valence-corrected chi connectivity index (χ0v) is 38.0. The molecule has 9 nitrogen and oxygen atoms in total. The third-order valence-corrected chi connectivity index (χ3v) is 11.0. The number of nitrogens with zero attached hydrogens (tertiary/aromatic N) is 1. The fourth-order valence-electron chi connectivity index (χ4n) is 6.33. The molecule has 0 aromatic heterocycles. The number of quaternary nitrogens is 1. The second-order valence-electron chi connectivity index (χ2n) is 16.8. The van der Waals surface area contributed by atoms with Crippen molar-refractivity contribution in [1.82, 2.24) is 0 Å². The molecule has 0 bridgehead atoms. The fraction of sp³-hybridized carbons (Fsp3) is 0.870. The van der Waals surface area contributed by atoms with Crippen molar-refractivity contribution in [3.05, 3.63) is 24.3 Å². The Hall–Kier alpha value is -1.51. The maximum atomic E-state index is 12.7. The van der Waals surface area contributed by atoms with E-state index in [0.717, 1.165) is 64.2 Å². The molecule has 0 saturated heterocycles. The van der Waals surface area contributed by atoms with E-state index in [1.165, 1.54) is 109 Å². The quantitative estimate of drug-likeness (QED) is 0.0213. The standard InChI is InChI=1S/C46H88NO8P/c1-6-8-10-12-14-16-18-20-22-23-24-25-27-28-30-32-34-36-38-45(48)52-42-44(43-54-56(50,51)53-41-40-47(3,4)5)55-46(49)39-37-35-33-31-29-26-21-19-17-15-13-11-9-7-2/h13,15,19,21,44H,6-12,14,16-18,20,22-43H2,1-5H3/p+1/b15-13-,21-19-/t44-/m1/s1. The number of phosphoric ester groups is 1. The topological polar surface area (TPSA) is 108 Å². The van der Waals surface area contributed by atoms with Gasteiger partial charge in [-0.3, -0.25) is 18.6 Å². The Morgan fingerprint density at radius 1 is 0.554 bits per heavy atom. The van der Waals surface area contributed by atoms with Crippen LogP contribution in [0.4, 0.5) is 0 Å². The summed E-state index contributed by atoms with van der Waals surface area (Å²) in [5.74, 6) is -0.806. The van der Waals surface area contributed by atoms with Crippen molar-refractivity contribution < 1.29 is 42.1 Å². The van der Waals surface area contributed by atoms with Gasteiger partial charge >= 0.3 is 19.8 Å². The average molecular weight is 815 g/mol. The number of hydrogen-bond donors (Lipinski definition) is 1. The van der Waals surface area contributed by atoms with E-state index in [0.29, 0.717) is 23.9 Å². The lowest BCUT2D eigenvalue weighted by molar-refractivity contribution is -0.870. The lowest BCUT2D eigenvalue weighted by atomic mass is 10.0. The zero-order valence-electron chi connectivity index (χ0n) is 37.1. The molecule has 0 aliphatic rings. The molecule has 0 radical (unpaired) electrons. The van der Waals surface area contributed by atoms with Crippen molar-refractivity contribution >= 4 is 19.8 Å². The fourth-order valence-corrected chi connectivity index (χ4v) is 7.07. The molecule has 0 aromatic rings. The van der Waals surface area contributed by atoms with E-state index < -0.39 is 26.5 Å². The van der Waals surface area contributed by atoms with Crippen LogP contribution in [0.3, 0.4) is 0 Å². The zero-order chi connectivity index (χ0) is 41.4. The SMILES string of the molecule is CCCC/C=C\C/C=C\CCCCCCCC(=O)O[C@H](COC(=O)CCCCCCCCCCCCCCCCCCCC)COP(=O)(O)OCC[N+](C)(C)C. The number of carbonyl (C=O) groups excluding carboxylic acids is 2. The first kappa shape index (κ1) is 54.5. The summed E-state index contributed by atoms with van der Waals surface area (Å²) < 4.78 is 34.3. The van der Waals surface area contributed by atoms with Crippen LogP contribution < -0.4 is 0 Å². The van der Waals surface area contributed by atoms with Gasteiger partial charge in [-0.2, -0.15) is 0 Å². The van der Waals surface area contributed by atoms with Gasteiger partial charge in [0.15, 0.2) is 6.10 Å². The van der Waals surface area contributed by atoms with E-state index in [1.54, 1.807) is 0 Å². The first-order chi connectivity index (χ1) is 27.0. The van der Waals surface area contributed by atoms with Gasteiger partial charge in [0.25, 0.3) is 0 Å². The minimum absolute atomic E-state index is 0.0306. The number of hydrogen-bond acceptors (Lipinski definition) is 7. The van der Waals surface area contributed by atoms with Crippen LogP contribution in [0.25, 0.3) is 0 Å². The number of allylic oxidation sites excluding steroid dienone is 4. The third kappa shape index (κ3) is 42.1. The smallest absolute Gasteiger partial charge is 0.462 e. The van der Waals surface area contributed by atoms with Crippen molar-refractivity contribution in [3.8, 4) is 0 Å². The van der Waals surface area contributed by atoms with Crippen molar-refractivity contribution in [2.24, 2.45) is 0 Å². The summed E-state index contributed by atoms with van der Waals surface area (Å²) in [6, 6.07) is 0. The Kier molecular flexibility index (Phi) is 37.9. The highest BCUT2D eigenvalue weighted by Crippen LogP contribution is 2.43. The van der Waals surface area contributed by atoms with Crippen molar-refractivity contribution in [1.29, 1.82) is 0 Å². The van der Waals surface area contributed by atoms with Gasteiger partial charge in [0.2, 0.25) is 0 Å². The molecule has 330 valence electrons. The lowest BCUT2D eigenvalue weighted by Crippen LogP contribution is -2.37. The Morgan fingerprint density at radius 3 is 1.46 bits per heavy atom. The molecule has 0 aliphatic carbocycles. The van der Waals surface area contributed by atoms with Crippen LogP contribution in [0.2, 0.25) is 0 Å². The number of esters is 2. The van der Waals surface area contributed by atoms with Crippen LogP contribution in [0.15, 0.2) is 24.3 Å². The molecule has 2 atom stereocenters. The summed E-state index contributed by atoms with van der Waals surface area (Å²) in [4.78, 5) is 35.4. The summed E-state index contributed by atoms with van der Waals surface area (Å²) in [6.07, 6.45) is 42.2. The number of likely N-dealkylation sites (N-methyl/N-ethyl adjacent to an activating group) is 1. The molecule has 1 unspecified atom stereocenters. The van der Waals surface area contributed by atoms with Crippen LogP contribution in [0.5, 0.6) is 0 Å². The second-order valence-corrected chi connectivity index (χ2v) is 18.2. The molecule has 0 heterocycles. The van der Waals surface area contributed by atoms with Crippen LogP contribution in [0, 0.1) is 0 Å². The van der Waals surface area contributed by atoms with E-state index in [2.05, 4.69) is 38.2 Å². The number of rotatable bonds is 42. The monoisotopic (exact) mass is 815 g/mol. The highest BCUT2D eigenvalue weighted by molar-refractivity contribution is 7.47. The number of ether oxygens (including phenoxy) is 2. The molecule has 0 saturated carbocycles. The van der Waals surface area contributed by atoms with E-state index in [4.69, 9.17) is 18.5 Å². The maximum Gasteiger partial charge on any atom is 0.472 e. The normalized spacial score (nSPS) is 13.8. The van der Waals surface area contributed by atoms with Gasteiger partial charge in [-0.25, -0.2) is 4.57 Å². The van der Waals surface area contributed by atoms with Crippen molar-refractivity contribution in [2.75, 3.05) is 47.5 Å². The molecule has 1 N–H and O–H groups in total. The van der Waals surface area contributed by atoms with Crippen LogP contribution >= 0.6 is 7.82 Å². The van der Waals surface area contributed by atoms with Gasteiger partial charge in [0.05, 0.1) is 27.7 Å². The van der Waals surface area contributed by atoms with Gasteiger partial charge < -0.3 is 18.9 Å².